The Kier molecular flexibility index (Phi) is 55.2. The van der Waals surface area contributed by atoms with Gasteiger partial charge >= 0.3 is 17.9 Å². The van der Waals surface area contributed by atoms with Crippen molar-refractivity contribution in [3.63, 3.8) is 0 Å². The van der Waals surface area contributed by atoms with E-state index in [0.717, 1.165) is 70.6 Å². The van der Waals surface area contributed by atoms with Crippen LogP contribution in [0.4, 0.5) is 0 Å². The van der Waals surface area contributed by atoms with E-state index in [0.29, 0.717) is 19.3 Å². The molecule has 6 nitrogen and oxygen atoms in total. The predicted molar refractivity (Wildman–Crippen MR) is 289 cm³/mol. The molecular formula is C61H116O6. The molecule has 0 aromatic heterocycles. The summed E-state index contributed by atoms with van der Waals surface area (Å²) in [4.78, 5) is 37.7. The average molecular weight is 946 g/mol. The number of rotatable bonds is 56. The summed E-state index contributed by atoms with van der Waals surface area (Å²) in [5, 5.41) is 0. The first-order chi connectivity index (χ1) is 33.0. The largest absolute Gasteiger partial charge is 0.462 e. The minimum Gasteiger partial charge on any atom is -0.462 e. The van der Waals surface area contributed by atoms with Crippen LogP contribution in [0.15, 0.2) is 12.2 Å². The molecule has 0 rings (SSSR count). The minimum absolute atomic E-state index is 0.0692. The molecule has 0 aliphatic rings. The second-order valence-corrected chi connectivity index (χ2v) is 20.6. The third kappa shape index (κ3) is 55.0. The van der Waals surface area contributed by atoms with Crippen LogP contribution in [0.1, 0.15) is 342 Å². The summed E-state index contributed by atoms with van der Waals surface area (Å²) in [5.41, 5.74) is 0. The highest BCUT2D eigenvalue weighted by Gasteiger charge is 2.19. The van der Waals surface area contributed by atoms with Crippen molar-refractivity contribution in [2.75, 3.05) is 13.2 Å². The van der Waals surface area contributed by atoms with E-state index in [-0.39, 0.29) is 31.1 Å². The summed E-state index contributed by atoms with van der Waals surface area (Å²) in [6.07, 6.45) is 65.7. The molecule has 1 unspecified atom stereocenters. The van der Waals surface area contributed by atoms with Crippen LogP contribution in [0.25, 0.3) is 0 Å². The number of carbonyl (C=O) groups is 3. The Labute approximate surface area is 418 Å². The van der Waals surface area contributed by atoms with Gasteiger partial charge in [-0.25, -0.2) is 0 Å². The van der Waals surface area contributed by atoms with E-state index in [9.17, 15) is 14.4 Å². The van der Waals surface area contributed by atoms with Gasteiger partial charge in [-0.2, -0.15) is 0 Å². The van der Waals surface area contributed by atoms with Gasteiger partial charge in [0.25, 0.3) is 0 Å². The fourth-order valence-electron chi connectivity index (χ4n) is 9.21. The maximum Gasteiger partial charge on any atom is 0.306 e. The van der Waals surface area contributed by atoms with Gasteiger partial charge in [0.2, 0.25) is 0 Å². The first-order valence-electron chi connectivity index (χ1n) is 30.2. The van der Waals surface area contributed by atoms with Gasteiger partial charge < -0.3 is 14.2 Å². The molecule has 67 heavy (non-hydrogen) atoms. The Morgan fingerprint density at radius 1 is 0.284 bits per heavy atom. The zero-order valence-corrected chi connectivity index (χ0v) is 45.5. The van der Waals surface area contributed by atoms with E-state index in [2.05, 4.69) is 32.9 Å². The van der Waals surface area contributed by atoms with Crippen LogP contribution in [-0.2, 0) is 28.6 Å². The normalized spacial score (nSPS) is 12.0. The topological polar surface area (TPSA) is 78.9 Å². The van der Waals surface area contributed by atoms with Crippen LogP contribution in [0.5, 0.6) is 0 Å². The molecule has 0 aliphatic carbocycles. The number of ether oxygens (including phenoxy) is 3. The van der Waals surface area contributed by atoms with Crippen LogP contribution >= 0.6 is 0 Å². The summed E-state index contributed by atoms with van der Waals surface area (Å²) in [6, 6.07) is 0. The number of hydrogen-bond acceptors (Lipinski definition) is 6. The van der Waals surface area contributed by atoms with E-state index >= 15 is 0 Å². The van der Waals surface area contributed by atoms with E-state index < -0.39 is 6.10 Å². The van der Waals surface area contributed by atoms with Gasteiger partial charge in [0.1, 0.15) is 13.2 Å². The standard InChI is InChI=1S/C61H116O6/c1-4-7-10-13-15-17-19-21-23-24-25-26-27-28-29-30-31-32-33-34-35-36-37-38-40-41-43-45-48-51-54-60(63)66-57-58(56-65-59(62)53-50-47-12-9-6-3)67-61(64)55-52-49-46-44-42-39-22-20-18-16-14-11-8-5-2/h20,22,58H,4-19,21,23-57H2,1-3H3/b22-20-. The molecule has 0 N–H and O–H groups in total. The van der Waals surface area contributed by atoms with Crippen molar-refractivity contribution >= 4 is 17.9 Å². The number of unbranched alkanes of at least 4 members (excludes halogenated alkanes) is 43. The first-order valence-corrected chi connectivity index (χ1v) is 30.2. The van der Waals surface area contributed by atoms with Gasteiger partial charge in [0.15, 0.2) is 6.10 Å². The highest BCUT2D eigenvalue weighted by atomic mass is 16.6. The summed E-state index contributed by atoms with van der Waals surface area (Å²) in [5.74, 6) is -0.873. The van der Waals surface area contributed by atoms with Gasteiger partial charge in [-0.1, -0.05) is 290 Å². The fourth-order valence-corrected chi connectivity index (χ4v) is 9.21. The number of carbonyl (C=O) groups excluding carboxylic acids is 3. The van der Waals surface area contributed by atoms with Crippen molar-refractivity contribution in [2.45, 2.75) is 348 Å². The highest BCUT2D eigenvalue weighted by Crippen LogP contribution is 2.18. The summed E-state index contributed by atoms with van der Waals surface area (Å²) in [7, 11) is 0. The molecule has 0 bridgehead atoms. The van der Waals surface area contributed by atoms with E-state index in [1.165, 1.54) is 231 Å². The van der Waals surface area contributed by atoms with Crippen LogP contribution < -0.4 is 0 Å². The molecule has 0 aromatic carbocycles. The van der Waals surface area contributed by atoms with E-state index in [1.54, 1.807) is 0 Å². The molecule has 0 aromatic rings. The van der Waals surface area contributed by atoms with Crippen LogP contribution in [0.3, 0.4) is 0 Å². The SMILES string of the molecule is CCCCCCC/C=C\CCCCCCCC(=O)OC(COC(=O)CCCCCCC)COC(=O)CCCCCCCCCCCCCCCCCCCCCCCCCCCCCCCC. The highest BCUT2D eigenvalue weighted by molar-refractivity contribution is 5.71. The molecule has 0 fully saturated rings. The lowest BCUT2D eigenvalue weighted by molar-refractivity contribution is -0.167. The van der Waals surface area contributed by atoms with Crippen molar-refractivity contribution < 1.29 is 28.6 Å². The average Bonchev–Trinajstić information content (AvgIpc) is 3.33. The lowest BCUT2D eigenvalue weighted by Crippen LogP contribution is -2.30. The lowest BCUT2D eigenvalue weighted by Gasteiger charge is -2.18. The maximum atomic E-state index is 12.7. The molecular weight excluding hydrogens is 829 g/mol. The zero-order valence-electron chi connectivity index (χ0n) is 45.5. The Bertz CT molecular complexity index is 1040. The molecule has 0 radical (unpaired) electrons. The Balaban J connectivity index is 3.89. The number of hydrogen-bond donors (Lipinski definition) is 0. The van der Waals surface area contributed by atoms with Crippen molar-refractivity contribution in [3.05, 3.63) is 12.2 Å². The van der Waals surface area contributed by atoms with Gasteiger partial charge in [-0.15, -0.1) is 0 Å². The van der Waals surface area contributed by atoms with Crippen LogP contribution in [0, 0.1) is 0 Å². The van der Waals surface area contributed by atoms with E-state index in [4.69, 9.17) is 14.2 Å². The second kappa shape index (κ2) is 56.7. The molecule has 396 valence electrons. The molecule has 0 saturated carbocycles. The number of esters is 3. The molecule has 6 heteroatoms. The van der Waals surface area contributed by atoms with Gasteiger partial charge in [-0.3, -0.25) is 14.4 Å². The Morgan fingerprint density at radius 2 is 0.493 bits per heavy atom. The van der Waals surface area contributed by atoms with E-state index in [1.807, 2.05) is 0 Å². The third-order valence-corrected chi connectivity index (χ3v) is 13.8. The molecule has 0 saturated heterocycles. The predicted octanol–water partition coefficient (Wildman–Crippen LogP) is 20.1. The van der Waals surface area contributed by atoms with Crippen molar-refractivity contribution in [1.82, 2.24) is 0 Å². The lowest BCUT2D eigenvalue weighted by atomic mass is 10.0. The molecule has 0 heterocycles. The van der Waals surface area contributed by atoms with Gasteiger partial charge in [-0.05, 0) is 44.9 Å². The smallest absolute Gasteiger partial charge is 0.306 e. The fraction of sp³-hybridized carbons (Fsp3) is 0.918. The molecule has 0 spiro atoms. The van der Waals surface area contributed by atoms with Crippen molar-refractivity contribution in [1.29, 1.82) is 0 Å². The zero-order chi connectivity index (χ0) is 48.6. The van der Waals surface area contributed by atoms with Crippen molar-refractivity contribution in [3.8, 4) is 0 Å². The minimum atomic E-state index is -0.766. The van der Waals surface area contributed by atoms with Crippen LogP contribution in [-0.4, -0.2) is 37.2 Å². The molecule has 0 amide bonds. The van der Waals surface area contributed by atoms with Gasteiger partial charge in [0.05, 0.1) is 0 Å². The van der Waals surface area contributed by atoms with Crippen LogP contribution in [0.2, 0.25) is 0 Å². The molecule has 1 atom stereocenters. The van der Waals surface area contributed by atoms with Crippen molar-refractivity contribution in [2.24, 2.45) is 0 Å². The first kappa shape index (κ1) is 65.1. The monoisotopic (exact) mass is 945 g/mol. The second-order valence-electron chi connectivity index (χ2n) is 20.6. The molecule has 0 aliphatic heterocycles. The summed E-state index contributed by atoms with van der Waals surface area (Å²) in [6.45, 7) is 6.59. The summed E-state index contributed by atoms with van der Waals surface area (Å²) >= 11 is 0. The third-order valence-electron chi connectivity index (χ3n) is 13.8. The number of allylic oxidation sites excluding steroid dienone is 2. The quantitative estimate of drug-likeness (QED) is 0.0262. The van der Waals surface area contributed by atoms with Gasteiger partial charge in [0, 0.05) is 19.3 Å². The Morgan fingerprint density at radius 3 is 0.746 bits per heavy atom. The Hall–Kier alpha value is -1.85. The summed E-state index contributed by atoms with van der Waals surface area (Å²) < 4.78 is 16.7. The maximum absolute atomic E-state index is 12.7.